The lowest BCUT2D eigenvalue weighted by Crippen LogP contribution is -2.44. The Morgan fingerprint density at radius 3 is 3.00 bits per heavy atom. The van der Waals surface area contributed by atoms with E-state index in [0.29, 0.717) is 23.7 Å². The van der Waals surface area contributed by atoms with Crippen molar-refractivity contribution >= 4 is 16.3 Å². The standard InChI is InChI=1S/C14H20N4O3S/c1-2-12-16-18-13(21)5-10(15-14(18)22-12)6-17-4-3-9(8-19)11(20)7-17/h5,9,11,19-20H,2-4,6-8H2,1H3/t9-,11+/m1/s1. The van der Waals surface area contributed by atoms with Gasteiger partial charge >= 0.3 is 0 Å². The fourth-order valence-electron chi connectivity index (χ4n) is 2.75. The molecular formula is C14H20N4O3S. The van der Waals surface area contributed by atoms with E-state index in [1.807, 2.05) is 6.92 Å². The maximum atomic E-state index is 12.1. The normalized spacial score (nSPS) is 23.2. The van der Waals surface area contributed by atoms with Gasteiger partial charge in [-0.2, -0.15) is 9.61 Å². The van der Waals surface area contributed by atoms with E-state index in [-0.39, 0.29) is 18.1 Å². The molecule has 0 unspecified atom stereocenters. The average molecular weight is 324 g/mol. The zero-order valence-corrected chi connectivity index (χ0v) is 13.3. The smallest absolute Gasteiger partial charge is 0.275 e. The number of aryl methyl sites for hydroxylation is 1. The minimum atomic E-state index is -0.529. The van der Waals surface area contributed by atoms with Crippen molar-refractivity contribution in [2.75, 3.05) is 19.7 Å². The molecule has 0 radical (unpaired) electrons. The molecule has 0 aliphatic carbocycles. The monoisotopic (exact) mass is 324 g/mol. The molecule has 2 atom stereocenters. The zero-order valence-electron chi connectivity index (χ0n) is 12.5. The number of aliphatic hydroxyl groups is 2. The van der Waals surface area contributed by atoms with Gasteiger partial charge in [0.1, 0.15) is 5.01 Å². The van der Waals surface area contributed by atoms with Crippen molar-refractivity contribution < 1.29 is 10.2 Å². The molecule has 22 heavy (non-hydrogen) atoms. The molecule has 0 spiro atoms. The highest BCUT2D eigenvalue weighted by Gasteiger charge is 2.27. The van der Waals surface area contributed by atoms with Crippen LogP contribution in [0.2, 0.25) is 0 Å². The Balaban J connectivity index is 1.78. The molecule has 1 aliphatic rings. The maximum absolute atomic E-state index is 12.1. The van der Waals surface area contributed by atoms with Crippen LogP contribution >= 0.6 is 11.3 Å². The molecule has 8 heteroatoms. The van der Waals surface area contributed by atoms with Crippen LogP contribution in [0.1, 0.15) is 24.0 Å². The molecule has 0 amide bonds. The van der Waals surface area contributed by atoms with E-state index in [4.69, 9.17) is 0 Å². The summed E-state index contributed by atoms with van der Waals surface area (Å²) in [7, 11) is 0. The maximum Gasteiger partial charge on any atom is 0.275 e. The van der Waals surface area contributed by atoms with E-state index in [9.17, 15) is 15.0 Å². The number of hydrogen-bond acceptors (Lipinski definition) is 7. The molecule has 1 aliphatic heterocycles. The summed E-state index contributed by atoms with van der Waals surface area (Å²) in [5, 5.41) is 24.3. The molecule has 3 heterocycles. The number of rotatable bonds is 4. The van der Waals surface area contributed by atoms with Crippen LogP contribution in [0.15, 0.2) is 10.9 Å². The first kappa shape index (κ1) is 15.5. The number of fused-ring (bicyclic) bond motifs is 1. The lowest BCUT2D eigenvalue weighted by molar-refractivity contribution is -0.00478. The van der Waals surface area contributed by atoms with Crippen LogP contribution in [0.5, 0.6) is 0 Å². The van der Waals surface area contributed by atoms with Crippen LogP contribution in [0, 0.1) is 5.92 Å². The number of nitrogens with zero attached hydrogens (tertiary/aromatic N) is 4. The second kappa shape index (κ2) is 6.41. The molecule has 0 saturated carbocycles. The Morgan fingerprint density at radius 2 is 2.32 bits per heavy atom. The van der Waals surface area contributed by atoms with Gasteiger partial charge in [0.15, 0.2) is 0 Å². The van der Waals surface area contributed by atoms with E-state index < -0.39 is 6.10 Å². The molecule has 7 nitrogen and oxygen atoms in total. The zero-order chi connectivity index (χ0) is 15.7. The van der Waals surface area contributed by atoms with Gasteiger partial charge in [-0.15, -0.1) is 0 Å². The van der Waals surface area contributed by atoms with Gasteiger partial charge in [0, 0.05) is 31.7 Å². The second-order valence-corrected chi connectivity index (χ2v) is 6.70. The third-order valence-corrected chi connectivity index (χ3v) is 5.12. The first-order valence-electron chi connectivity index (χ1n) is 7.50. The molecule has 0 bridgehead atoms. The average Bonchev–Trinajstić information content (AvgIpc) is 2.91. The van der Waals surface area contributed by atoms with Crippen molar-refractivity contribution in [1.82, 2.24) is 19.5 Å². The molecule has 1 fully saturated rings. The summed E-state index contributed by atoms with van der Waals surface area (Å²) in [5.74, 6) is -0.0501. The molecule has 120 valence electrons. The topological polar surface area (TPSA) is 91.0 Å². The Bertz CT molecular complexity index is 714. The molecule has 1 saturated heterocycles. The van der Waals surface area contributed by atoms with E-state index in [0.717, 1.165) is 24.4 Å². The third-order valence-electron chi connectivity index (χ3n) is 4.07. The summed E-state index contributed by atoms with van der Waals surface area (Å²) in [6, 6.07) is 1.51. The van der Waals surface area contributed by atoms with Crippen LogP contribution < -0.4 is 5.56 Å². The highest BCUT2D eigenvalue weighted by atomic mass is 32.1. The van der Waals surface area contributed by atoms with Crippen molar-refractivity contribution in [1.29, 1.82) is 0 Å². The summed E-state index contributed by atoms with van der Waals surface area (Å²) in [6.07, 6.45) is 1.00. The minimum absolute atomic E-state index is 0.0151. The molecule has 2 aromatic heterocycles. The van der Waals surface area contributed by atoms with Gasteiger partial charge in [-0.3, -0.25) is 9.69 Å². The van der Waals surface area contributed by atoms with Crippen molar-refractivity contribution in [2.24, 2.45) is 5.92 Å². The van der Waals surface area contributed by atoms with Crippen LogP contribution in [-0.4, -0.2) is 55.5 Å². The Labute approximate surface area is 131 Å². The predicted molar refractivity (Wildman–Crippen MR) is 83.0 cm³/mol. The predicted octanol–water partition coefficient (Wildman–Crippen LogP) is -0.112. The largest absolute Gasteiger partial charge is 0.396 e. The van der Waals surface area contributed by atoms with Crippen LogP contribution in [-0.2, 0) is 13.0 Å². The lowest BCUT2D eigenvalue weighted by atomic mass is 9.95. The highest BCUT2D eigenvalue weighted by molar-refractivity contribution is 7.16. The van der Waals surface area contributed by atoms with Gasteiger partial charge in [0.05, 0.1) is 11.8 Å². The molecule has 3 rings (SSSR count). The van der Waals surface area contributed by atoms with Crippen molar-refractivity contribution in [3.05, 3.63) is 27.1 Å². The number of hydrogen-bond donors (Lipinski definition) is 2. The van der Waals surface area contributed by atoms with Gasteiger partial charge in [-0.05, 0) is 19.4 Å². The fourth-order valence-corrected chi connectivity index (χ4v) is 3.61. The molecule has 0 aromatic carbocycles. The third kappa shape index (κ3) is 3.05. The fraction of sp³-hybridized carbons (Fsp3) is 0.643. The van der Waals surface area contributed by atoms with E-state index in [2.05, 4.69) is 15.0 Å². The van der Waals surface area contributed by atoms with Gasteiger partial charge in [0.25, 0.3) is 5.56 Å². The molecule has 2 N–H and O–H groups in total. The number of likely N-dealkylation sites (tertiary alicyclic amines) is 1. The Kier molecular flexibility index (Phi) is 4.53. The number of β-amino-alcohol motifs (C(OH)–C–C–N with tert-alkyl or cyclic N) is 1. The molecule has 2 aromatic rings. The summed E-state index contributed by atoms with van der Waals surface area (Å²) in [6.45, 7) is 3.82. The van der Waals surface area contributed by atoms with Gasteiger partial charge in [0.2, 0.25) is 4.96 Å². The van der Waals surface area contributed by atoms with Crippen LogP contribution in [0.3, 0.4) is 0 Å². The van der Waals surface area contributed by atoms with E-state index in [1.54, 1.807) is 0 Å². The van der Waals surface area contributed by atoms with E-state index in [1.165, 1.54) is 21.9 Å². The quantitative estimate of drug-likeness (QED) is 0.815. The highest BCUT2D eigenvalue weighted by Crippen LogP contribution is 2.19. The molecular weight excluding hydrogens is 304 g/mol. The van der Waals surface area contributed by atoms with Crippen LogP contribution in [0.4, 0.5) is 0 Å². The Morgan fingerprint density at radius 1 is 1.50 bits per heavy atom. The summed E-state index contributed by atoms with van der Waals surface area (Å²) < 4.78 is 1.35. The van der Waals surface area contributed by atoms with E-state index >= 15 is 0 Å². The number of aliphatic hydroxyl groups excluding tert-OH is 2. The lowest BCUT2D eigenvalue weighted by Gasteiger charge is -2.34. The van der Waals surface area contributed by atoms with Crippen LogP contribution in [0.25, 0.3) is 4.96 Å². The Hall–Kier alpha value is -1.35. The summed E-state index contributed by atoms with van der Waals surface area (Å²) >= 11 is 1.43. The van der Waals surface area contributed by atoms with Crippen molar-refractivity contribution in [3.63, 3.8) is 0 Å². The SMILES string of the molecule is CCc1nn2c(=O)cc(CN3CC[C@H](CO)[C@@H](O)C3)nc2s1. The van der Waals surface area contributed by atoms with Gasteiger partial charge in [-0.25, -0.2) is 4.98 Å². The number of aromatic nitrogens is 3. The first-order valence-corrected chi connectivity index (χ1v) is 8.32. The summed E-state index contributed by atoms with van der Waals surface area (Å²) in [5.41, 5.74) is 0.535. The van der Waals surface area contributed by atoms with Gasteiger partial charge < -0.3 is 10.2 Å². The van der Waals surface area contributed by atoms with Crippen molar-refractivity contribution in [2.45, 2.75) is 32.4 Å². The van der Waals surface area contributed by atoms with Crippen molar-refractivity contribution in [3.8, 4) is 0 Å². The van der Waals surface area contributed by atoms with Gasteiger partial charge in [-0.1, -0.05) is 18.3 Å². The minimum Gasteiger partial charge on any atom is -0.396 e. The second-order valence-electron chi connectivity index (χ2n) is 5.66. The summed E-state index contributed by atoms with van der Waals surface area (Å²) in [4.78, 5) is 19.3. The number of piperidine rings is 1. The first-order chi connectivity index (χ1) is 10.6.